The molecule has 0 spiro atoms. The van der Waals surface area contributed by atoms with E-state index >= 15 is 0 Å². The normalized spacial score (nSPS) is 20.5. The first-order chi connectivity index (χ1) is 19.2. The number of aromatic nitrogens is 1. The third-order valence-electron chi connectivity index (χ3n) is 7.46. The van der Waals surface area contributed by atoms with Crippen LogP contribution in [0, 0.1) is 18.6 Å². The van der Waals surface area contributed by atoms with Gasteiger partial charge in [-0.1, -0.05) is 11.6 Å². The second-order valence-electron chi connectivity index (χ2n) is 10.5. The van der Waals surface area contributed by atoms with Crippen LogP contribution in [0.1, 0.15) is 68.7 Å². The second-order valence-corrected chi connectivity index (χ2v) is 11.8. The average Bonchev–Trinajstić information content (AvgIpc) is 3.68. The number of thiazole rings is 1. The Kier molecular flexibility index (Phi) is 8.80. The van der Waals surface area contributed by atoms with Gasteiger partial charge in [0.2, 0.25) is 0 Å². The smallest absolute Gasteiger partial charge is 0.254 e. The Balaban J connectivity index is 1.37. The van der Waals surface area contributed by atoms with Gasteiger partial charge in [-0.25, -0.2) is 13.8 Å². The number of carbonyl (C=O) groups excluding carboxylic acids is 2. The van der Waals surface area contributed by atoms with Crippen molar-refractivity contribution in [2.75, 3.05) is 13.1 Å². The lowest BCUT2D eigenvalue weighted by Gasteiger charge is -2.29. The molecule has 7 nitrogen and oxygen atoms in total. The maximum Gasteiger partial charge on any atom is 0.254 e. The molecule has 0 unspecified atom stereocenters. The van der Waals surface area contributed by atoms with Crippen molar-refractivity contribution < 1.29 is 23.5 Å². The number of benzene rings is 2. The molecular weight excluding hydrogens is 558 g/mol. The molecule has 2 saturated heterocycles. The summed E-state index contributed by atoms with van der Waals surface area (Å²) in [5.41, 5.74) is 1.64. The summed E-state index contributed by atoms with van der Waals surface area (Å²) in [4.78, 5) is 33.4. The standard InChI is InChI=1S/C29H31ClF2N4O3S/c1-16-15-40-28(34-16)25-5-3-7-36(25)29(39)19-11-18(12-20(30)13-19)27(38)35-24(26(37)23-4-2-6-33-23)10-17-8-21(31)14-22(32)9-17/h8-9,11-15,23-26,33,37H,2-7,10H2,1H3,(H,35,38)/t23-,24+,25-,26+/m1/s1. The molecule has 0 saturated carbocycles. The van der Waals surface area contributed by atoms with Crippen molar-refractivity contribution >= 4 is 34.8 Å². The highest BCUT2D eigenvalue weighted by atomic mass is 35.5. The zero-order valence-corrected chi connectivity index (χ0v) is 23.6. The predicted molar refractivity (Wildman–Crippen MR) is 150 cm³/mol. The molecule has 3 N–H and O–H groups in total. The number of rotatable bonds is 8. The Hall–Kier alpha value is -2.92. The summed E-state index contributed by atoms with van der Waals surface area (Å²) < 4.78 is 27.8. The molecule has 40 heavy (non-hydrogen) atoms. The van der Waals surface area contributed by atoms with Gasteiger partial charge >= 0.3 is 0 Å². The van der Waals surface area contributed by atoms with Gasteiger partial charge in [0.25, 0.3) is 11.8 Å². The van der Waals surface area contributed by atoms with Gasteiger partial charge in [0, 0.05) is 45.9 Å². The number of aryl methyl sites for hydroxylation is 1. The number of hydrogen-bond acceptors (Lipinski definition) is 6. The lowest BCUT2D eigenvalue weighted by atomic mass is 9.95. The van der Waals surface area contributed by atoms with Crippen LogP contribution in [0.4, 0.5) is 8.78 Å². The molecule has 3 aromatic rings. The quantitative estimate of drug-likeness (QED) is 0.351. The van der Waals surface area contributed by atoms with Gasteiger partial charge < -0.3 is 20.6 Å². The number of carbonyl (C=O) groups is 2. The van der Waals surface area contributed by atoms with E-state index in [1.54, 1.807) is 4.90 Å². The van der Waals surface area contributed by atoms with E-state index in [0.717, 1.165) is 42.6 Å². The van der Waals surface area contributed by atoms with E-state index in [1.165, 1.54) is 41.7 Å². The third-order valence-corrected chi connectivity index (χ3v) is 8.74. The van der Waals surface area contributed by atoms with Crippen LogP contribution in [0.25, 0.3) is 0 Å². The van der Waals surface area contributed by atoms with E-state index in [0.29, 0.717) is 18.5 Å². The Morgan fingerprint density at radius 3 is 2.58 bits per heavy atom. The fraction of sp³-hybridized carbons (Fsp3) is 0.414. The third kappa shape index (κ3) is 6.52. The SMILES string of the molecule is Cc1csc([C@H]2CCCN2C(=O)c2cc(Cl)cc(C(=O)N[C@@H](Cc3cc(F)cc(F)c3)[C@@H](O)[C@H]3CCCN3)c2)n1. The van der Waals surface area contributed by atoms with Crippen molar-refractivity contribution in [1.29, 1.82) is 0 Å². The molecule has 2 aromatic carbocycles. The molecule has 0 aliphatic carbocycles. The summed E-state index contributed by atoms with van der Waals surface area (Å²) in [5.74, 6) is -2.27. The van der Waals surface area contributed by atoms with E-state index < -0.39 is 29.7 Å². The number of likely N-dealkylation sites (tertiary alicyclic amines) is 1. The van der Waals surface area contributed by atoms with Crippen molar-refractivity contribution in [2.24, 2.45) is 0 Å². The van der Waals surface area contributed by atoms with Crippen LogP contribution in [0.5, 0.6) is 0 Å². The van der Waals surface area contributed by atoms with Gasteiger partial charge in [0.05, 0.1) is 18.2 Å². The highest BCUT2D eigenvalue weighted by Crippen LogP contribution is 2.35. The van der Waals surface area contributed by atoms with Crippen LogP contribution in [0.15, 0.2) is 41.8 Å². The number of halogens is 3. The maximum absolute atomic E-state index is 13.9. The van der Waals surface area contributed by atoms with Crippen molar-refractivity contribution in [3.63, 3.8) is 0 Å². The highest BCUT2D eigenvalue weighted by molar-refractivity contribution is 7.09. The van der Waals surface area contributed by atoms with Crippen molar-refractivity contribution in [1.82, 2.24) is 20.5 Å². The van der Waals surface area contributed by atoms with E-state index in [4.69, 9.17) is 11.6 Å². The lowest BCUT2D eigenvalue weighted by Crippen LogP contribution is -2.52. The Bertz CT molecular complexity index is 1380. The van der Waals surface area contributed by atoms with Crippen LogP contribution in [0.2, 0.25) is 5.02 Å². The fourth-order valence-electron chi connectivity index (χ4n) is 5.58. The molecule has 3 heterocycles. The maximum atomic E-state index is 13.9. The number of hydrogen-bond donors (Lipinski definition) is 3. The first-order valence-corrected chi connectivity index (χ1v) is 14.6. The Morgan fingerprint density at radius 2 is 1.90 bits per heavy atom. The van der Waals surface area contributed by atoms with Crippen molar-refractivity contribution in [3.8, 4) is 0 Å². The molecule has 0 radical (unpaired) electrons. The summed E-state index contributed by atoms with van der Waals surface area (Å²) in [6.45, 7) is 3.22. The molecule has 212 valence electrons. The summed E-state index contributed by atoms with van der Waals surface area (Å²) >= 11 is 7.89. The highest BCUT2D eigenvalue weighted by Gasteiger charge is 2.34. The minimum absolute atomic E-state index is 0.00874. The fourth-order valence-corrected chi connectivity index (χ4v) is 6.75. The van der Waals surface area contributed by atoms with E-state index in [-0.39, 0.29) is 40.6 Å². The van der Waals surface area contributed by atoms with E-state index in [1.807, 2.05) is 12.3 Å². The van der Waals surface area contributed by atoms with Crippen molar-refractivity contribution in [3.05, 3.63) is 85.8 Å². The molecule has 1 aromatic heterocycles. The monoisotopic (exact) mass is 588 g/mol. The molecule has 4 atom stereocenters. The number of aliphatic hydroxyl groups is 1. The second kappa shape index (κ2) is 12.3. The molecule has 0 bridgehead atoms. The molecule has 2 aliphatic rings. The number of amides is 2. The molecule has 11 heteroatoms. The summed E-state index contributed by atoms with van der Waals surface area (Å²) in [6.07, 6.45) is 2.23. The molecule has 2 fully saturated rings. The van der Waals surface area contributed by atoms with Gasteiger partial charge in [-0.3, -0.25) is 9.59 Å². The van der Waals surface area contributed by atoms with Crippen LogP contribution in [0.3, 0.4) is 0 Å². The van der Waals surface area contributed by atoms with Crippen LogP contribution < -0.4 is 10.6 Å². The van der Waals surface area contributed by atoms with E-state index in [2.05, 4.69) is 15.6 Å². The number of nitrogens with zero attached hydrogens (tertiary/aromatic N) is 2. The first-order valence-electron chi connectivity index (χ1n) is 13.4. The Morgan fingerprint density at radius 1 is 1.15 bits per heavy atom. The minimum Gasteiger partial charge on any atom is -0.389 e. The molecular formula is C29H31ClF2N4O3S. The predicted octanol–water partition coefficient (Wildman–Crippen LogP) is 4.81. The molecule has 2 amide bonds. The van der Waals surface area contributed by atoms with Gasteiger partial charge in [0.1, 0.15) is 16.6 Å². The van der Waals surface area contributed by atoms with Crippen LogP contribution in [-0.2, 0) is 6.42 Å². The van der Waals surface area contributed by atoms with Crippen LogP contribution in [-0.4, -0.2) is 58.1 Å². The average molecular weight is 589 g/mol. The van der Waals surface area contributed by atoms with E-state index in [9.17, 15) is 23.5 Å². The van der Waals surface area contributed by atoms with Crippen LogP contribution >= 0.6 is 22.9 Å². The first kappa shape index (κ1) is 28.6. The van der Waals surface area contributed by atoms with Gasteiger partial charge in [-0.05, 0) is 81.5 Å². The zero-order valence-electron chi connectivity index (χ0n) is 22.0. The number of aliphatic hydroxyl groups excluding tert-OH is 1. The topological polar surface area (TPSA) is 94.6 Å². The van der Waals surface area contributed by atoms with Gasteiger partial charge in [0.15, 0.2) is 0 Å². The van der Waals surface area contributed by atoms with Gasteiger partial charge in [-0.15, -0.1) is 11.3 Å². The van der Waals surface area contributed by atoms with Gasteiger partial charge in [-0.2, -0.15) is 0 Å². The lowest BCUT2D eigenvalue weighted by molar-refractivity contribution is 0.0733. The number of nitrogens with one attached hydrogen (secondary N) is 2. The molecule has 2 aliphatic heterocycles. The Labute approximate surface area is 240 Å². The minimum atomic E-state index is -1.01. The summed E-state index contributed by atoms with van der Waals surface area (Å²) in [7, 11) is 0. The summed E-state index contributed by atoms with van der Waals surface area (Å²) in [5, 5.41) is 20.2. The summed E-state index contributed by atoms with van der Waals surface area (Å²) in [6, 6.07) is 6.37. The largest absolute Gasteiger partial charge is 0.389 e. The molecule has 5 rings (SSSR count). The zero-order chi connectivity index (χ0) is 28.4. The van der Waals surface area contributed by atoms with Crippen molar-refractivity contribution in [2.45, 2.75) is 63.3 Å².